The quantitative estimate of drug-likeness (QED) is 0.564. The van der Waals surface area contributed by atoms with E-state index in [-0.39, 0.29) is 21.5 Å². The van der Waals surface area contributed by atoms with Gasteiger partial charge in [0.25, 0.3) is 0 Å². The summed E-state index contributed by atoms with van der Waals surface area (Å²) in [4.78, 5) is -0.309. The van der Waals surface area contributed by atoms with E-state index >= 15 is 0 Å². The Morgan fingerprint density at radius 1 is 0.889 bits per heavy atom. The lowest BCUT2D eigenvalue weighted by Gasteiger charge is -2.10. The van der Waals surface area contributed by atoms with Crippen LogP contribution in [0.2, 0.25) is 0 Å². The van der Waals surface area contributed by atoms with E-state index in [0.29, 0.717) is 10.8 Å². The number of alkyl halides is 3. The zero-order valence-corrected chi connectivity index (χ0v) is 14.4. The van der Waals surface area contributed by atoms with E-state index in [9.17, 15) is 21.6 Å². The molecule has 0 amide bonds. The SMILES string of the molecule is NS(=O)(=O)c1ccccc1-n1nc(C(F)(F)F)c2ccc3ccccc3c21. The maximum absolute atomic E-state index is 13.6. The maximum Gasteiger partial charge on any atom is 0.435 e. The first-order valence-corrected chi connectivity index (χ1v) is 9.32. The molecular formula is C18H12F3N3O2S. The van der Waals surface area contributed by atoms with Gasteiger partial charge in [-0.3, -0.25) is 0 Å². The number of aromatic nitrogens is 2. The molecule has 4 rings (SSSR count). The molecular weight excluding hydrogens is 379 g/mol. The van der Waals surface area contributed by atoms with Crippen molar-refractivity contribution >= 4 is 31.7 Å². The number of rotatable bonds is 2. The Labute approximate surface area is 151 Å². The topological polar surface area (TPSA) is 78.0 Å². The van der Waals surface area contributed by atoms with E-state index in [1.165, 1.54) is 30.3 Å². The first kappa shape index (κ1) is 17.5. The number of nitrogens with zero attached hydrogens (tertiary/aromatic N) is 2. The van der Waals surface area contributed by atoms with Gasteiger partial charge in [0.05, 0.1) is 11.2 Å². The predicted octanol–water partition coefficient (Wildman–Crippen LogP) is 3.84. The lowest BCUT2D eigenvalue weighted by Crippen LogP contribution is -2.16. The van der Waals surface area contributed by atoms with Crippen LogP contribution in [-0.4, -0.2) is 18.2 Å². The predicted molar refractivity (Wildman–Crippen MR) is 95.0 cm³/mol. The molecule has 1 heterocycles. The largest absolute Gasteiger partial charge is 0.435 e. The van der Waals surface area contributed by atoms with Crippen molar-refractivity contribution in [1.29, 1.82) is 0 Å². The summed E-state index contributed by atoms with van der Waals surface area (Å²) < 4.78 is 65.6. The fourth-order valence-electron chi connectivity index (χ4n) is 3.13. The number of nitrogens with two attached hydrogens (primary N) is 1. The Kier molecular flexibility index (Phi) is 3.76. The van der Waals surface area contributed by atoms with Crippen LogP contribution in [0.5, 0.6) is 0 Å². The summed E-state index contributed by atoms with van der Waals surface area (Å²) in [7, 11) is -4.17. The Bertz CT molecular complexity index is 1290. The molecule has 0 aliphatic heterocycles. The van der Waals surface area contributed by atoms with Gasteiger partial charge in [-0.25, -0.2) is 18.2 Å². The van der Waals surface area contributed by atoms with E-state index in [1.807, 2.05) is 0 Å². The van der Waals surface area contributed by atoms with Crippen LogP contribution in [-0.2, 0) is 16.2 Å². The molecule has 0 bridgehead atoms. The van der Waals surface area contributed by atoms with Crippen LogP contribution < -0.4 is 5.14 Å². The number of hydrogen-bond donors (Lipinski definition) is 1. The Hall–Kier alpha value is -2.91. The standard InChI is InChI=1S/C18H12F3N3O2S/c19-18(20,21)17-13-10-9-11-5-1-2-6-12(11)16(13)24(23-17)14-7-3-4-8-15(14)27(22,25)26/h1-10H,(H2,22,25,26). The third-order valence-corrected chi connectivity index (χ3v) is 5.19. The van der Waals surface area contributed by atoms with Crippen molar-refractivity contribution in [2.45, 2.75) is 11.1 Å². The summed E-state index contributed by atoms with van der Waals surface area (Å²) in [5.41, 5.74) is -0.971. The molecule has 0 saturated carbocycles. The highest BCUT2D eigenvalue weighted by molar-refractivity contribution is 7.89. The minimum Gasteiger partial charge on any atom is -0.230 e. The minimum atomic E-state index is -4.71. The summed E-state index contributed by atoms with van der Waals surface area (Å²) in [6, 6.07) is 15.3. The molecule has 138 valence electrons. The molecule has 0 aliphatic rings. The smallest absolute Gasteiger partial charge is 0.230 e. The van der Waals surface area contributed by atoms with Crippen LogP contribution >= 0.6 is 0 Å². The number of para-hydroxylation sites is 1. The fourth-order valence-corrected chi connectivity index (χ4v) is 3.85. The maximum atomic E-state index is 13.6. The van der Waals surface area contributed by atoms with Gasteiger partial charge in [0.1, 0.15) is 4.90 Å². The highest BCUT2D eigenvalue weighted by atomic mass is 32.2. The van der Waals surface area contributed by atoms with Crippen molar-refractivity contribution in [3.63, 3.8) is 0 Å². The van der Waals surface area contributed by atoms with Crippen LogP contribution in [0.3, 0.4) is 0 Å². The number of sulfonamides is 1. The molecule has 0 fully saturated rings. The van der Waals surface area contributed by atoms with E-state index in [4.69, 9.17) is 5.14 Å². The van der Waals surface area contributed by atoms with Crippen LogP contribution in [0.1, 0.15) is 5.69 Å². The van der Waals surface area contributed by atoms with Crippen molar-refractivity contribution in [3.05, 3.63) is 66.4 Å². The van der Waals surface area contributed by atoms with Gasteiger partial charge in [-0.2, -0.15) is 18.3 Å². The van der Waals surface area contributed by atoms with Gasteiger partial charge in [-0.05, 0) is 23.6 Å². The Morgan fingerprint density at radius 3 is 2.26 bits per heavy atom. The van der Waals surface area contributed by atoms with Crippen LogP contribution in [0.4, 0.5) is 13.2 Å². The normalized spacial score (nSPS) is 12.7. The summed E-state index contributed by atoms with van der Waals surface area (Å²) in [6.07, 6.45) is -4.71. The zero-order chi connectivity index (χ0) is 19.4. The van der Waals surface area contributed by atoms with Crippen molar-refractivity contribution in [2.24, 2.45) is 5.14 Å². The summed E-state index contributed by atoms with van der Waals surface area (Å²) in [5.74, 6) is 0. The van der Waals surface area contributed by atoms with E-state index in [1.54, 1.807) is 30.3 Å². The highest BCUT2D eigenvalue weighted by Crippen LogP contribution is 2.38. The Morgan fingerprint density at radius 2 is 1.56 bits per heavy atom. The Balaban J connectivity index is 2.22. The number of hydrogen-bond acceptors (Lipinski definition) is 3. The second-order valence-electron chi connectivity index (χ2n) is 5.95. The second kappa shape index (κ2) is 5.80. The van der Waals surface area contributed by atoms with Gasteiger partial charge in [-0.1, -0.05) is 42.5 Å². The van der Waals surface area contributed by atoms with E-state index in [2.05, 4.69) is 5.10 Å². The first-order chi connectivity index (χ1) is 12.7. The molecule has 0 aliphatic carbocycles. The van der Waals surface area contributed by atoms with Gasteiger partial charge < -0.3 is 0 Å². The first-order valence-electron chi connectivity index (χ1n) is 7.78. The average molecular weight is 391 g/mol. The number of fused-ring (bicyclic) bond motifs is 3. The molecule has 0 saturated heterocycles. The lowest BCUT2D eigenvalue weighted by molar-refractivity contribution is -0.140. The van der Waals surface area contributed by atoms with E-state index in [0.717, 1.165) is 4.68 Å². The molecule has 27 heavy (non-hydrogen) atoms. The molecule has 0 spiro atoms. The van der Waals surface area contributed by atoms with Gasteiger partial charge in [0, 0.05) is 10.8 Å². The minimum absolute atomic E-state index is 0.0446. The highest BCUT2D eigenvalue weighted by Gasteiger charge is 2.37. The monoisotopic (exact) mass is 391 g/mol. The van der Waals surface area contributed by atoms with Crippen molar-refractivity contribution in [2.75, 3.05) is 0 Å². The molecule has 5 nitrogen and oxygen atoms in total. The third-order valence-electron chi connectivity index (χ3n) is 4.24. The third kappa shape index (κ3) is 2.84. The molecule has 2 N–H and O–H groups in total. The van der Waals surface area contributed by atoms with Crippen molar-refractivity contribution in [3.8, 4) is 5.69 Å². The molecule has 0 unspecified atom stereocenters. The zero-order valence-electron chi connectivity index (χ0n) is 13.6. The van der Waals surface area contributed by atoms with Gasteiger partial charge in [-0.15, -0.1) is 0 Å². The van der Waals surface area contributed by atoms with Crippen molar-refractivity contribution in [1.82, 2.24) is 9.78 Å². The molecule has 3 aromatic carbocycles. The molecule has 9 heteroatoms. The van der Waals surface area contributed by atoms with Crippen LogP contribution in [0.25, 0.3) is 27.4 Å². The van der Waals surface area contributed by atoms with Crippen LogP contribution in [0.15, 0.2) is 65.6 Å². The fraction of sp³-hybridized carbons (Fsp3) is 0.0556. The van der Waals surface area contributed by atoms with E-state index < -0.39 is 21.9 Å². The number of halogens is 3. The van der Waals surface area contributed by atoms with Gasteiger partial charge >= 0.3 is 6.18 Å². The molecule has 0 atom stereocenters. The average Bonchev–Trinajstić information content (AvgIpc) is 3.01. The molecule has 0 radical (unpaired) electrons. The van der Waals surface area contributed by atoms with Gasteiger partial charge in [0.15, 0.2) is 5.69 Å². The lowest BCUT2D eigenvalue weighted by atomic mass is 10.1. The number of benzene rings is 3. The number of primary sulfonamides is 1. The van der Waals surface area contributed by atoms with Crippen molar-refractivity contribution < 1.29 is 21.6 Å². The second-order valence-corrected chi connectivity index (χ2v) is 7.48. The van der Waals surface area contributed by atoms with Gasteiger partial charge in [0.2, 0.25) is 10.0 Å². The molecule has 1 aromatic heterocycles. The molecule has 4 aromatic rings. The summed E-state index contributed by atoms with van der Waals surface area (Å²) in [5, 5.41) is 10.1. The van der Waals surface area contributed by atoms with Crippen LogP contribution in [0, 0.1) is 0 Å². The summed E-state index contributed by atoms with van der Waals surface area (Å²) in [6.45, 7) is 0. The summed E-state index contributed by atoms with van der Waals surface area (Å²) >= 11 is 0.